The Hall–Kier alpha value is -3.56. The smallest absolute Gasteiger partial charge is 0.323 e. The molecule has 0 radical (unpaired) electrons. The summed E-state index contributed by atoms with van der Waals surface area (Å²) in [7, 11) is 3.15. The van der Waals surface area contributed by atoms with Crippen LogP contribution >= 0.6 is 22.9 Å². The van der Waals surface area contributed by atoms with Crippen LogP contribution in [0.3, 0.4) is 0 Å². The second-order valence-electron chi connectivity index (χ2n) is 10.1. The standard InChI is InChI=1S/C30H32ClN3O5S/c1-17(18-9-5-4-6-10-18)28-27(20-14-25(39-3)21(31)15-24(20)38-2)32-30(40-28)33-29(37)23-13-19-11-7-8-12-22(19)34(23)16-26(35)36/h7-8,11-15,17-18H,4-6,9-10,16H2,1-3H3,(H,35,36)(H,32,33,37). The monoisotopic (exact) mass is 581 g/mol. The number of anilines is 1. The Morgan fingerprint density at radius 1 is 1.12 bits per heavy atom. The number of methoxy groups -OCH3 is 2. The van der Waals surface area contributed by atoms with Gasteiger partial charge < -0.3 is 19.1 Å². The number of amides is 1. The molecule has 2 aromatic carbocycles. The third kappa shape index (κ3) is 5.53. The number of thiazole rings is 1. The van der Waals surface area contributed by atoms with Gasteiger partial charge in [0.1, 0.15) is 23.7 Å². The minimum atomic E-state index is -1.03. The summed E-state index contributed by atoms with van der Waals surface area (Å²) in [6.07, 6.45) is 5.97. The van der Waals surface area contributed by atoms with Gasteiger partial charge in [0, 0.05) is 27.4 Å². The van der Waals surface area contributed by atoms with Gasteiger partial charge >= 0.3 is 5.97 Å². The molecule has 0 spiro atoms. The summed E-state index contributed by atoms with van der Waals surface area (Å²) in [6, 6.07) is 12.6. The average molecular weight is 582 g/mol. The lowest BCUT2D eigenvalue weighted by Gasteiger charge is -2.27. The molecule has 8 nitrogen and oxygen atoms in total. The predicted octanol–water partition coefficient (Wildman–Crippen LogP) is 7.46. The number of carboxylic acid groups (broad SMARTS) is 1. The molecular weight excluding hydrogens is 550 g/mol. The van der Waals surface area contributed by atoms with Crippen molar-refractivity contribution in [2.24, 2.45) is 5.92 Å². The summed E-state index contributed by atoms with van der Waals surface area (Å²) in [5.74, 6) is 0.339. The van der Waals surface area contributed by atoms with Gasteiger partial charge in [0.25, 0.3) is 5.91 Å². The molecule has 1 amide bonds. The van der Waals surface area contributed by atoms with Crippen molar-refractivity contribution in [1.82, 2.24) is 9.55 Å². The number of carbonyl (C=O) groups is 2. The number of ether oxygens (including phenoxy) is 2. The fraction of sp³-hybridized carbons (Fsp3) is 0.367. The lowest BCUT2D eigenvalue weighted by molar-refractivity contribution is -0.137. The number of carboxylic acids is 1. The SMILES string of the molecule is COc1cc(-c2nc(NC(=O)c3cc4ccccc4n3CC(=O)O)sc2C(C)C2CCCCC2)c(OC)cc1Cl. The van der Waals surface area contributed by atoms with Crippen LogP contribution in [0, 0.1) is 5.92 Å². The molecule has 2 aromatic heterocycles. The van der Waals surface area contributed by atoms with Gasteiger partial charge in [-0.05, 0) is 42.9 Å². The van der Waals surface area contributed by atoms with E-state index in [9.17, 15) is 14.7 Å². The predicted molar refractivity (Wildman–Crippen MR) is 158 cm³/mol. The Morgan fingerprint density at radius 3 is 2.55 bits per heavy atom. The molecule has 1 atom stereocenters. The molecule has 2 N–H and O–H groups in total. The molecule has 1 saturated carbocycles. The first-order chi connectivity index (χ1) is 19.3. The summed E-state index contributed by atoms with van der Waals surface area (Å²) >= 11 is 7.84. The molecule has 1 aliphatic rings. The minimum absolute atomic E-state index is 0.211. The Kier molecular flexibility index (Phi) is 8.32. The van der Waals surface area contributed by atoms with Crippen LogP contribution in [0.25, 0.3) is 22.2 Å². The van der Waals surface area contributed by atoms with Crippen molar-refractivity contribution in [2.75, 3.05) is 19.5 Å². The molecule has 40 heavy (non-hydrogen) atoms. The van der Waals surface area contributed by atoms with Crippen LogP contribution in [0.4, 0.5) is 5.13 Å². The van der Waals surface area contributed by atoms with Crippen molar-refractivity contribution < 1.29 is 24.2 Å². The number of nitrogens with one attached hydrogen (secondary N) is 1. The molecule has 0 aliphatic heterocycles. The molecule has 1 unspecified atom stereocenters. The van der Waals surface area contributed by atoms with Crippen molar-refractivity contribution >= 4 is 50.8 Å². The van der Waals surface area contributed by atoms with E-state index in [1.54, 1.807) is 32.4 Å². The van der Waals surface area contributed by atoms with Gasteiger partial charge in [-0.15, -0.1) is 11.3 Å². The first kappa shape index (κ1) is 28.0. The van der Waals surface area contributed by atoms with Crippen molar-refractivity contribution in [3.8, 4) is 22.8 Å². The second-order valence-corrected chi connectivity index (χ2v) is 11.6. The zero-order valence-electron chi connectivity index (χ0n) is 22.7. The van der Waals surface area contributed by atoms with E-state index in [-0.39, 0.29) is 18.2 Å². The number of benzene rings is 2. The number of fused-ring (bicyclic) bond motifs is 1. The van der Waals surface area contributed by atoms with Crippen molar-refractivity contribution in [2.45, 2.75) is 51.5 Å². The fourth-order valence-corrected chi connectivity index (χ4v) is 7.00. The molecule has 1 fully saturated rings. The molecular formula is C30H32ClN3O5S. The molecule has 210 valence electrons. The van der Waals surface area contributed by atoms with Crippen LogP contribution in [0.1, 0.15) is 60.3 Å². The van der Waals surface area contributed by atoms with Crippen LogP contribution in [-0.4, -0.2) is 40.8 Å². The van der Waals surface area contributed by atoms with Gasteiger partial charge in [-0.1, -0.05) is 56.0 Å². The maximum atomic E-state index is 13.6. The zero-order valence-corrected chi connectivity index (χ0v) is 24.3. The molecule has 2 heterocycles. The number of aromatic nitrogens is 2. The number of aliphatic carboxylic acids is 1. The van der Waals surface area contributed by atoms with E-state index >= 15 is 0 Å². The Bertz CT molecular complexity index is 1560. The number of nitrogens with zero attached hydrogens (tertiary/aromatic N) is 2. The van der Waals surface area contributed by atoms with E-state index in [1.165, 1.54) is 35.2 Å². The number of para-hydroxylation sites is 1. The topological polar surface area (TPSA) is 103 Å². The number of carbonyl (C=O) groups excluding carboxylic acids is 1. The van der Waals surface area contributed by atoms with E-state index in [2.05, 4.69) is 12.2 Å². The average Bonchev–Trinajstić information content (AvgIpc) is 3.54. The molecule has 4 aromatic rings. The Balaban J connectivity index is 1.57. The third-order valence-electron chi connectivity index (χ3n) is 7.71. The Labute approximate surface area is 241 Å². The highest BCUT2D eigenvalue weighted by molar-refractivity contribution is 7.16. The summed E-state index contributed by atoms with van der Waals surface area (Å²) in [4.78, 5) is 31.1. The third-order valence-corrected chi connectivity index (χ3v) is 9.18. The van der Waals surface area contributed by atoms with Gasteiger partial charge in [-0.2, -0.15) is 0 Å². The summed E-state index contributed by atoms with van der Waals surface area (Å²) < 4.78 is 12.7. The number of hydrogen-bond acceptors (Lipinski definition) is 6. The van der Waals surface area contributed by atoms with Crippen LogP contribution in [0.5, 0.6) is 11.5 Å². The Morgan fingerprint density at radius 2 is 1.85 bits per heavy atom. The quantitative estimate of drug-likeness (QED) is 0.213. The van der Waals surface area contributed by atoms with Crippen LogP contribution in [0.15, 0.2) is 42.5 Å². The number of hydrogen-bond donors (Lipinski definition) is 2. The first-order valence-electron chi connectivity index (χ1n) is 13.3. The highest BCUT2D eigenvalue weighted by atomic mass is 35.5. The summed E-state index contributed by atoms with van der Waals surface area (Å²) in [6.45, 7) is 1.90. The number of rotatable bonds is 9. The molecule has 0 bridgehead atoms. The van der Waals surface area contributed by atoms with Crippen LogP contribution < -0.4 is 14.8 Å². The van der Waals surface area contributed by atoms with Gasteiger partial charge in [-0.25, -0.2) is 4.98 Å². The second kappa shape index (κ2) is 11.9. The number of halogens is 1. The van der Waals surface area contributed by atoms with Gasteiger partial charge in [0.05, 0.1) is 24.9 Å². The molecule has 5 rings (SSSR count). The van der Waals surface area contributed by atoms with E-state index in [0.717, 1.165) is 34.4 Å². The van der Waals surface area contributed by atoms with Gasteiger partial charge in [0.2, 0.25) is 0 Å². The fourth-order valence-electron chi connectivity index (χ4n) is 5.65. The highest BCUT2D eigenvalue weighted by Gasteiger charge is 2.29. The highest BCUT2D eigenvalue weighted by Crippen LogP contribution is 2.47. The van der Waals surface area contributed by atoms with Crippen LogP contribution in [-0.2, 0) is 11.3 Å². The molecule has 0 saturated heterocycles. The van der Waals surface area contributed by atoms with E-state index in [1.807, 2.05) is 24.3 Å². The van der Waals surface area contributed by atoms with Crippen molar-refractivity contribution in [3.05, 3.63) is 58.1 Å². The van der Waals surface area contributed by atoms with E-state index < -0.39 is 11.9 Å². The zero-order chi connectivity index (χ0) is 28.4. The lowest BCUT2D eigenvalue weighted by Crippen LogP contribution is -2.19. The summed E-state index contributed by atoms with van der Waals surface area (Å²) in [5.41, 5.74) is 2.39. The normalized spacial score (nSPS) is 14.7. The van der Waals surface area contributed by atoms with Crippen molar-refractivity contribution in [1.29, 1.82) is 0 Å². The summed E-state index contributed by atoms with van der Waals surface area (Å²) in [5, 5.41) is 14.1. The first-order valence-corrected chi connectivity index (χ1v) is 14.5. The molecule has 1 aliphatic carbocycles. The maximum absolute atomic E-state index is 13.6. The van der Waals surface area contributed by atoms with Crippen LogP contribution in [0.2, 0.25) is 5.02 Å². The van der Waals surface area contributed by atoms with Crippen molar-refractivity contribution in [3.63, 3.8) is 0 Å². The lowest BCUT2D eigenvalue weighted by atomic mass is 9.79. The largest absolute Gasteiger partial charge is 0.496 e. The molecule has 10 heteroatoms. The maximum Gasteiger partial charge on any atom is 0.323 e. The van der Waals surface area contributed by atoms with Gasteiger partial charge in [0.15, 0.2) is 5.13 Å². The van der Waals surface area contributed by atoms with E-state index in [0.29, 0.717) is 33.1 Å². The van der Waals surface area contributed by atoms with Gasteiger partial charge in [-0.3, -0.25) is 14.9 Å². The van der Waals surface area contributed by atoms with E-state index in [4.69, 9.17) is 26.1 Å². The minimum Gasteiger partial charge on any atom is -0.496 e.